The normalized spacial score (nSPS) is 15.4. The van der Waals surface area contributed by atoms with Crippen LogP contribution in [0.4, 0.5) is 5.69 Å². The second kappa shape index (κ2) is 10.0. The number of methoxy groups -OCH3 is 1. The predicted molar refractivity (Wildman–Crippen MR) is 144 cm³/mol. The Labute approximate surface area is 217 Å². The monoisotopic (exact) mass is 513 g/mol. The highest BCUT2D eigenvalue weighted by Crippen LogP contribution is 2.31. The van der Waals surface area contributed by atoms with Crippen molar-refractivity contribution in [1.82, 2.24) is 14.3 Å². The average Bonchev–Trinajstić information content (AvgIpc) is 3.42. The number of fused-ring (bicyclic) bond motifs is 1. The maximum atomic E-state index is 13.8. The van der Waals surface area contributed by atoms with Gasteiger partial charge >= 0.3 is 0 Å². The van der Waals surface area contributed by atoms with Crippen LogP contribution in [-0.2, 0) is 11.3 Å². The third-order valence-electron chi connectivity index (χ3n) is 6.46. The summed E-state index contributed by atoms with van der Waals surface area (Å²) in [5, 5.41) is 7.36. The Kier molecular flexibility index (Phi) is 6.62. The molecule has 0 saturated heterocycles. The van der Waals surface area contributed by atoms with E-state index in [9.17, 15) is 9.59 Å². The number of nitrogens with one attached hydrogen (secondary N) is 1. The smallest absolute Gasteiger partial charge is 0.271 e. The van der Waals surface area contributed by atoms with Crippen molar-refractivity contribution in [1.29, 1.82) is 0 Å². The van der Waals surface area contributed by atoms with Gasteiger partial charge in [0.05, 0.1) is 35.2 Å². The maximum absolute atomic E-state index is 13.8. The Morgan fingerprint density at radius 2 is 1.86 bits per heavy atom. The molecule has 0 saturated carbocycles. The first kappa shape index (κ1) is 24.5. The minimum absolute atomic E-state index is 0.203. The van der Waals surface area contributed by atoms with Gasteiger partial charge in [-0.2, -0.15) is 5.10 Å². The number of thiazole rings is 1. The molecule has 1 amide bonds. The molecular weight excluding hydrogens is 486 g/mol. The SMILES string of the molecule is CCn1ncc(/C=c2/sc3n(c2=O)[C@@H](c2ccc(OC)cc2)C(C(=O)Nc2ccccc2)=C(C)N=3)c1C. The van der Waals surface area contributed by atoms with E-state index in [0.29, 0.717) is 32.0 Å². The molecule has 2 aromatic carbocycles. The molecule has 1 aliphatic rings. The van der Waals surface area contributed by atoms with Gasteiger partial charge in [-0.3, -0.25) is 18.8 Å². The number of amides is 1. The molecule has 37 heavy (non-hydrogen) atoms. The summed E-state index contributed by atoms with van der Waals surface area (Å²) in [5.74, 6) is 0.387. The summed E-state index contributed by atoms with van der Waals surface area (Å²) in [4.78, 5) is 32.7. The van der Waals surface area contributed by atoms with E-state index < -0.39 is 6.04 Å². The zero-order valence-corrected chi connectivity index (χ0v) is 21.9. The van der Waals surface area contributed by atoms with Crippen LogP contribution >= 0.6 is 11.3 Å². The molecule has 1 atom stereocenters. The molecule has 0 spiro atoms. The molecule has 9 heteroatoms. The number of allylic oxidation sites excluding steroid dienone is 1. The van der Waals surface area contributed by atoms with Crippen LogP contribution in [0.5, 0.6) is 5.75 Å². The van der Waals surface area contributed by atoms with Crippen LogP contribution in [0.2, 0.25) is 0 Å². The minimum atomic E-state index is -0.646. The molecule has 0 bridgehead atoms. The van der Waals surface area contributed by atoms with Gasteiger partial charge in [0.2, 0.25) is 0 Å². The highest BCUT2D eigenvalue weighted by molar-refractivity contribution is 7.07. The van der Waals surface area contributed by atoms with E-state index in [4.69, 9.17) is 9.73 Å². The standard InChI is InChI=1S/C28H27N5O3S/c1-5-32-18(3)20(16-29-32)15-23-27(35)33-25(19-11-13-22(36-4)14-12-19)24(17(2)30-28(33)37-23)26(34)31-21-9-7-6-8-10-21/h6-16,25H,5H2,1-4H3,(H,31,34)/b23-15+/t25-/m0/s1. The second-order valence-electron chi connectivity index (χ2n) is 8.68. The van der Waals surface area contributed by atoms with Gasteiger partial charge in [0.15, 0.2) is 4.80 Å². The highest BCUT2D eigenvalue weighted by Gasteiger charge is 2.32. The van der Waals surface area contributed by atoms with Gasteiger partial charge in [-0.25, -0.2) is 4.99 Å². The lowest BCUT2D eigenvalue weighted by molar-refractivity contribution is -0.113. The van der Waals surface area contributed by atoms with Crippen LogP contribution in [0, 0.1) is 6.92 Å². The Morgan fingerprint density at radius 1 is 1.14 bits per heavy atom. The van der Waals surface area contributed by atoms with Crippen LogP contribution in [0.3, 0.4) is 0 Å². The molecular formula is C28H27N5O3S. The Balaban J connectivity index is 1.67. The molecule has 3 heterocycles. The number of benzene rings is 2. The van der Waals surface area contributed by atoms with E-state index in [1.807, 2.05) is 86.1 Å². The number of para-hydroxylation sites is 1. The lowest BCUT2D eigenvalue weighted by Crippen LogP contribution is -2.40. The Morgan fingerprint density at radius 3 is 2.51 bits per heavy atom. The number of rotatable bonds is 6. The first-order valence-electron chi connectivity index (χ1n) is 12.0. The van der Waals surface area contributed by atoms with E-state index in [1.54, 1.807) is 17.9 Å². The number of carbonyl (C=O) groups is 1. The molecule has 0 fully saturated rings. The molecule has 188 valence electrons. The predicted octanol–water partition coefficient (Wildman–Crippen LogP) is 3.41. The zero-order valence-electron chi connectivity index (χ0n) is 21.1. The van der Waals surface area contributed by atoms with Crippen molar-refractivity contribution in [2.24, 2.45) is 4.99 Å². The fourth-order valence-corrected chi connectivity index (χ4v) is 5.53. The quantitative estimate of drug-likeness (QED) is 0.428. The number of aromatic nitrogens is 3. The zero-order chi connectivity index (χ0) is 26.1. The fourth-order valence-electron chi connectivity index (χ4n) is 4.50. The van der Waals surface area contributed by atoms with Gasteiger partial charge in [-0.05, 0) is 56.7 Å². The Bertz CT molecular complexity index is 1680. The first-order chi connectivity index (χ1) is 17.9. The number of hydrogen-bond donors (Lipinski definition) is 1. The van der Waals surface area contributed by atoms with Crippen molar-refractivity contribution in [3.8, 4) is 5.75 Å². The van der Waals surface area contributed by atoms with Crippen LogP contribution in [-0.4, -0.2) is 27.4 Å². The first-order valence-corrected chi connectivity index (χ1v) is 12.8. The van der Waals surface area contributed by atoms with Gasteiger partial charge in [0.25, 0.3) is 11.5 Å². The number of nitrogens with zero attached hydrogens (tertiary/aromatic N) is 4. The van der Waals surface area contributed by atoms with E-state index in [2.05, 4.69) is 10.4 Å². The lowest BCUT2D eigenvalue weighted by atomic mass is 9.95. The van der Waals surface area contributed by atoms with Gasteiger partial charge in [-0.15, -0.1) is 0 Å². The van der Waals surface area contributed by atoms with Crippen LogP contribution in [0.15, 0.2) is 81.9 Å². The van der Waals surface area contributed by atoms with E-state index >= 15 is 0 Å². The van der Waals surface area contributed by atoms with Crippen molar-refractivity contribution >= 4 is 29.0 Å². The van der Waals surface area contributed by atoms with Crippen molar-refractivity contribution in [3.63, 3.8) is 0 Å². The third-order valence-corrected chi connectivity index (χ3v) is 7.44. The number of ether oxygens (including phenoxy) is 1. The van der Waals surface area contributed by atoms with Crippen molar-refractivity contribution < 1.29 is 9.53 Å². The number of hydrogen-bond acceptors (Lipinski definition) is 6. The summed E-state index contributed by atoms with van der Waals surface area (Å²) in [5.41, 5.74) is 4.11. The molecule has 0 radical (unpaired) electrons. The topological polar surface area (TPSA) is 90.5 Å². The summed E-state index contributed by atoms with van der Waals surface area (Å²) in [6, 6.07) is 16.0. The van der Waals surface area contributed by atoms with Crippen molar-refractivity contribution in [3.05, 3.63) is 109 Å². The molecule has 1 aliphatic heterocycles. The molecule has 4 aromatic rings. The van der Waals surface area contributed by atoms with E-state index in [-0.39, 0.29) is 11.5 Å². The molecule has 1 N–H and O–H groups in total. The van der Waals surface area contributed by atoms with Gasteiger partial charge in [0, 0.05) is 23.5 Å². The molecule has 0 unspecified atom stereocenters. The van der Waals surface area contributed by atoms with Crippen LogP contribution < -0.4 is 24.9 Å². The van der Waals surface area contributed by atoms with E-state index in [0.717, 1.165) is 23.4 Å². The number of aryl methyl sites for hydroxylation is 1. The number of anilines is 1. The fraction of sp³-hybridized carbons (Fsp3) is 0.214. The lowest BCUT2D eigenvalue weighted by Gasteiger charge is -2.25. The highest BCUT2D eigenvalue weighted by atomic mass is 32.1. The van der Waals surface area contributed by atoms with Gasteiger partial charge < -0.3 is 10.1 Å². The van der Waals surface area contributed by atoms with Gasteiger partial charge in [-0.1, -0.05) is 41.7 Å². The van der Waals surface area contributed by atoms with Crippen molar-refractivity contribution in [2.75, 3.05) is 12.4 Å². The molecule has 8 nitrogen and oxygen atoms in total. The Hall–Kier alpha value is -4.24. The average molecular weight is 514 g/mol. The van der Waals surface area contributed by atoms with Crippen LogP contribution in [0.25, 0.3) is 6.08 Å². The summed E-state index contributed by atoms with van der Waals surface area (Å²) in [7, 11) is 1.60. The van der Waals surface area contributed by atoms with Gasteiger partial charge in [0.1, 0.15) is 5.75 Å². The van der Waals surface area contributed by atoms with E-state index in [1.165, 1.54) is 11.3 Å². The summed E-state index contributed by atoms with van der Waals surface area (Å²) in [6.45, 7) is 6.56. The minimum Gasteiger partial charge on any atom is -0.497 e. The molecule has 2 aromatic heterocycles. The molecule has 0 aliphatic carbocycles. The molecule has 5 rings (SSSR count). The number of carbonyl (C=O) groups excluding carboxylic acids is 1. The van der Waals surface area contributed by atoms with Crippen molar-refractivity contribution in [2.45, 2.75) is 33.4 Å². The maximum Gasteiger partial charge on any atom is 0.271 e. The summed E-state index contributed by atoms with van der Waals surface area (Å²) in [6.07, 6.45) is 3.62. The van der Waals surface area contributed by atoms with Crippen LogP contribution in [0.1, 0.15) is 36.7 Å². The third kappa shape index (κ3) is 4.53. The largest absolute Gasteiger partial charge is 0.497 e. The second-order valence-corrected chi connectivity index (χ2v) is 9.69. The summed E-state index contributed by atoms with van der Waals surface area (Å²) >= 11 is 1.31. The summed E-state index contributed by atoms with van der Waals surface area (Å²) < 4.78 is 9.37.